The Balaban J connectivity index is 1.75. The summed E-state index contributed by atoms with van der Waals surface area (Å²) >= 11 is 19.0. The van der Waals surface area contributed by atoms with Crippen LogP contribution in [-0.4, -0.2) is 50.0 Å². The van der Waals surface area contributed by atoms with Crippen molar-refractivity contribution >= 4 is 62.3 Å². The zero-order chi connectivity index (χ0) is 31.1. The van der Waals surface area contributed by atoms with Gasteiger partial charge in [0.25, 0.3) is 0 Å². The molecule has 0 heterocycles. The molecular formula is C32H36Cl3N3O4S. The lowest BCUT2D eigenvalue weighted by Gasteiger charge is -2.35. The van der Waals surface area contributed by atoms with Crippen molar-refractivity contribution in [2.75, 3.05) is 17.1 Å². The molecule has 1 N–H and O–H groups in total. The molecule has 230 valence electrons. The second-order valence-electron chi connectivity index (χ2n) is 11.0. The molecule has 1 aliphatic carbocycles. The van der Waals surface area contributed by atoms with Gasteiger partial charge < -0.3 is 10.2 Å². The molecule has 1 fully saturated rings. The molecule has 1 aliphatic rings. The maximum absolute atomic E-state index is 14.3. The van der Waals surface area contributed by atoms with E-state index in [0.717, 1.165) is 53.8 Å². The highest BCUT2D eigenvalue weighted by Crippen LogP contribution is 2.28. The van der Waals surface area contributed by atoms with Gasteiger partial charge in [0.2, 0.25) is 21.8 Å². The summed E-state index contributed by atoms with van der Waals surface area (Å²) in [5, 5.41) is 4.32. The van der Waals surface area contributed by atoms with Gasteiger partial charge in [0.1, 0.15) is 12.6 Å². The number of hydrogen-bond donors (Lipinski definition) is 1. The number of benzene rings is 3. The lowest BCUT2D eigenvalue weighted by molar-refractivity contribution is -0.140. The fourth-order valence-corrected chi connectivity index (χ4v) is 6.77. The molecule has 0 spiro atoms. The maximum Gasteiger partial charge on any atom is 0.244 e. The van der Waals surface area contributed by atoms with Gasteiger partial charge in [-0.2, -0.15) is 0 Å². The third-order valence-corrected chi connectivity index (χ3v) is 9.84. The Morgan fingerprint density at radius 2 is 1.63 bits per heavy atom. The highest BCUT2D eigenvalue weighted by molar-refractivity contribution is 7.92. The van der Waals surface area contributed by atoms with Crippen molar-refractivity contribution in [3.63, 3.8) is 0 Å². The molecule has 3 aromatic rings. The van der Waals surface area contributed by atoms with E-state index in [1.807, 2.05) is 30.3 Å². The van der Waals surface area contributed by atoms with E-state index >= 15 is 0 Å². The van der Waals surface area contributed by atoms with Crippen LogP contribution in [0.1, 0.15) is 48.8 Å². The smallest absolute Gasteiger partial charge is 0.244 e. The van der Waals surface area contributed by atoms with Crippen molar-refractivity contribution in [1.82, 2.24) is 10.2 Å². The van der Waals surface area contributed by atoms with Crippen molar-refractivity contribution in [1.29, 1.82) is 0 Å². The van der Waals surface area contributed by atoms with E-state index in [4.69, 9.17) is 34.8 Å². The summed E-state index contributed by atoms with van der Waals surface area (Å²) < 4.78 is 27.0. The van der Waals surface area contributed by atoms with Crippen LogP contribution >= 0.6 is 34.8 Å². The first-order valence-electron chi connectivity index (χ1n) is 14.2. The number of nitrogens with zero attached hydrogens (tertiary/aromatic N) is 2. The third-order valence-electron chi connectivity index (χ3n) is 7.70. The van der Waals surface area contributed by atoms with Crippen LogP contribution in [0.4, 0.5) is 5.69 Å². The molecule has 0 aromatic heterocycles. The first-order chi connectivity index (χ1) is 20.4. The van der Waals surface area contributed by atoms with Gasteiger partial charge in [-0.3, -0.25) is 13.9 Å². The fourth-order valence-electron chi connectivity index (χ4n) is 5.28. The Bertz CT molecular complexity index is 1550. The number of carbonyl (C=O) groups is 2. The van der Waals surface area contributed by atoms with Crippen LogP contribution in [0.5, 0.6) is 0 Å². The number of halogens is 3. The molecule has 0 bridgehead atoms. The molecule has 3 aromatic carbocycles. The predicted molar refractivity (Wildman–Crippen MR) is 174 cm³/mol. The van der Waals surface area contributed by atoms with Gasteiger partial charge in [-0.1, -0.05) is 96.5 Å². The summed E-state index contributed by atoms with van der Waals surface area (Å²) in [6.07, 6.45) is 6.19. The molecule has 2 amide bonds. The lowest BCUT2D eigenvalue weighted by atomic mass is 9.94. The Hall–Kier alpha value is -2.78. The number of sulfonamides is 1. The van der Waals surface area contributed by atoms with E-state index in [1.165, 1.54) is 11.0 Å². The third kappa shape index (κ3) is 9.11. The first kappa shape index (κ1) is 33.1. The molecule has 0 saturated heterocycles. The molecule has 4 rings (SSSR count). The molecule has 11 heteroatoms. The van der Waals surface area contributed by atoms with Crippen LogP contribution in [0.3, 0.4) is 0 Å². The highest BCUT2D eigenvalue weighted by atomic mass is 35.5. The monoisotopic (exact) mass is 663 g/mol. The SMILES string of the molecule is Cc1ccc(N(CC(=O)N(Cc2ccc(Cl)cc2Cl)[C@@H](Cc2ccccc2)C(=O)NC2CCCCC2)S(C)(=O)=O)cc1Cl. The van der Waals surface area contributed by atoms with Gasteiger partial charge in [0.05, 0.1) is 11.9 Å². The summed E-state index contributed by atoms with van der Waals surface area (Å²) in [6.45, 7) is 1.24. The van der Waals surface area contributed by atoms with Crippen LogP contribution in [0, 0.1) is 6.92 Å². The average molecular weight is 665 g/mol. The van der Waals surface area contributed by atoms with Crippen LogP contribution in [0.25, 0.3) is 0 Å². The first-order valence-corrected chi connectivity index (χ1v) is 17.2. The van der Waals surface area contributed by atoms with Crippen LogP contribution in [-0.2, 0) is 32.6 Å². The van der Waals surface area contributed by atoms with Crippen molar-refractivity contribution in [2.45, 2.75) is 64.1 Å². The van der Waals surface area contributed by atoms with Crippen LogP contribution in [0.2, 0.25) is 15.1 Å². The number of anilines is 1. The second-order valence-corrected chi connectivity index (χ2v) is 14.2. The van der Waals surface area contributed by atoms with E-state index in [-0.39, 0.29) is 30.6 Å². The minimum absolute atomic E-state index is 0.0119. The fraction of sp³-hybridized carbons (Fsp3) is 0.375. The van der Waals surface area contributed by atoms with Gasteiger partial charge in [-0.25, -0.2) is 8.42 Å². The molecular weight excluding hydrogens is 629 g/mol. The van der Waals surface area contributed by atoms with Crippen molar-refractivity contribution in [3.05, 3.63) is 98.5 Å². The number of amides is 2. The Morgan fingerprint density at radius 3 is 2.26 bits per heavy atom. The van der Waals surface area contributed by atoms with E-state index in [9.17, 15) is 18.0 Å². The molecule has 0 unspecified atom stereocenters. The van der Waals surface area contributed by atoms with Crippen molar-refractivity contribution < 1.29 is 18.0 Å². The van der Waals surface area contributed by atoms with E-state index in [0.29, 0.717) is 20.6 Å². The minimum atomic E-state index is -3.91. The minimum Gasteiger partial charge on any atom is -0.352 e. The predicted octanol–water partition coefficient (Wildman–Crippen LogP) is 6.81. The summed E-state index contributed by atoms with van der Waals surface area (Å²) in [5.74, 6) is -0.855. The molecule has 1 atom stereocenters. The molecule has 7 nitrogen and oxygen atoms in total. The molecule has 0 radical (unpaired) electrons. The largest absolute Gasteiger partial charge is 0.352 e. The van der Waals surface area contributed by atoms with Gasteiger partial charge >= 0.3 is 0 Å². The van der Waals surface area contributed by atoms with E-state index < -0.39 is 28.5 Å². The standard InChI is InChI=1S/C32H36Cl3N3O4S/c1-22-13-16-27(19-28(22)34)38(43(2,41)42)21-31(39)37(20-24-14-15-25(33)18-29(24)35)30(17-23-9-5-3-6-10-23)32(40)36-26-11-7-4-8-12-26/h3,5-6,9-10,13-16,18-19,26,30H,4,7-8,11-12,17,20-21H2,1-2H3,(H,36,40)/t30-/m0/s1. The Morgan fingerprint density at radius 1 is 0.930 bits per heavy atom. The van der Waals surface area contributed by atoms with E-state index in [2.05, 4.69) is 5.32 Å². The molecule has 1 saturated carbocycles. The summed E-state index contributed by atoms with van der Waals surface area (Å²) in [5.41, 5.74) is 2.46. The number of aryl methyl sites for hydroxylation is 1. The Labute approximate surface area is 269 Å². The summed E-state index contributed by atoms with van der Waals surface area (Å²) in [6, 6.07) is 18.3. The lowest BCUT2D eigenvalue weighted by Crippen LogP contribution is -2.55. The normalized spacial score (nSPS) is 14.6. The highest BCUT2D eigenvalue weighted by Gasteiger charge is 2.34. The maximum atomic E-state index is 14.3. The van der Waals surface area contributed by atoms with E-state index in [1.54, 1.807) is 37.3 Å². The van der Waals surface area contributed by atoms with Crippen LogP contribution in [0.15, 0.2) is 66.7 Å². The van der Waals surface area contributed by atoms with Gasteiger partial charge in [-0.05, 0) is 60.7 Å². The zero-order valence-corrected chi connectivity index (χ0v) is 27.3. The number of hydrogen-bond acceptors (Lipinski definition) is 4. The average Bonchev–Trinajstić information content (AvgIpc) is 2.96. The van der Waals surface area contributed by atoms with Crippen molar-refractivity contribution in [2.24, 2.45) is 0 Å². The molecule has 43 heavy (non-hydrogen) atoms. The summed E-state index contributed by atoms with van der Waals surface area (Å²) in [7, 11) is -3.91. The van der Waals surface area contributed by atoms with Gasteiger partial charge in [-0.15, -0.1) is 0 Å². The zero-order valence-electron chi connectivity index (χ0n) is 24.2. The van der Waals surface area contributed by atoms with Gasteiger partial charge in [0.15, 0.2) is 0 Å². The van der Waals surface area contributed by atoms with Crippen LogP contribution < -0.4 is 9.62 Å². The second kappa shape index (κ2) is 14.8. The van der Waals surface area contributed by atoms with Crippen molar-refractivity contribution in [3.8, 4) is 0 Å². The number of nitrogens with one attached hydrogen (secondary N) is 1. The Kier molecular flexibility index (Phi) is 11.4. The summed E-state index contributed by atoms with van der Waals surface area (Å²) in [4.78, 5) is 29.7. The van der Waals surface area contributed by atoms with Gasteiger partial charge in [0, 0.05) is 34.1 Å². The quantitative estimate of drug-likeness (QED) is 0.244. The topological polar surface area (TPSA) is 86.8 Å². The molecule has 0 aliphatic heterocycles. The number of rotatable bonds is 11. The number of carbonyl (C=O) groups excluding carboxylic acids is 2.